The van der Waals surface area contributed by atoms with E-state index in [1.54, 1.807) is 19.1 Å². The quantitative estimate of drug-likeness (QED) is 0.248. The van der Waals surface area contributed by atoms with Crippen LogP contribution >= 0.6 is 0 Å². The van der Waals surface area contributed by atoms with E-state index >= 15 is 8.78 Å². The number of methoxy groups -OCH3 is 1. The van der Waals surface area contributed by atoms with E-state index in [4.69, 9.17) is 24.2 Å². The summed E-state index contributed by atoms with van der Waals surface area (Å²) in [5.74, 6) is -0.466. The van der Waals surface area contributed by atoms with Crippen LogP contribution in [0.3, 0.4) is 0 Å². The largest absolute Gasteiger partial charge is 0.463 e. The number of fused-ring (bicyclic) bond motifs is 6. The molecule has 4 atom stereocenters. The fourth-order valence-electron chi connectivity index (χ4n) is 8.01. The van der Waals surface area contributed by atoms with E-state index < -0.39 is 29.6 Å². The number of nitrogens with one attached hydrogen (secondary N) is 1. The van der Waals surface area contributed by atoms with E-state index in [9.17, 15) is 9.18 Å². The second kappa shape index (κ2) is 14.4. The zero-order valence-electron chi connectivity index (χ0n) is 31.0. The molecule has 7 heterocycles. The van der Waals surface area contributed by atoms with Crippen LogP contribution in [0.1, 0.15) is 18.7 Å². The molecule has 2 fully saturated rings. The van der Waals surface area contributed by atoms with E-state index in [-0.39, 0.29) is 48.4 Å². The predicted molar refractivity (Wildman–Crippen MR) is 200 cm³/mol. The number of carbonyl (C=O) groups is 1. The van der Waals surface area contributed by atoms with Crippen molar-refractivity contribution in [3.63, 3.8) is 0 Å². The molecule has 0 spiro atoms. The number of rotatable bonds is 6. The van der Waals surface area contributed by atoms with Gasteiger partial charge >= 0.3 is 6.01 Å². The van der Waals surface area contributed by atoms with Crippen LogP contribution in [-0.2, 0) is 20.8 Å². The number of halogens is 3. The number of imidazole rings is 1. The van der Waals surface area contributed by atoms with Crippen LogP contribution in [0.5, 0.6) is 6.01 Å². The highest BCUT2D eigenvalue weighted by Gasteiger charge is 2.41. The molecule has 6 aromatic rings. The van der Waals surface area contributed by atoms with Crippen LogP contribution in [0.2, 0.25) is 0 Å². The first-order valence-electron chi connectivity index (χ1n) is 18.5. The summed E-state index contributed by atoms with van der Waals surface area (Å²) >= 11 is 0. The fraction of sp³-hybridized carbons (Fsp3) is 0.385. The SMILES string of the molecule is CO[C@H]1CN(C)C(=O)[C@@H]2C[C@@H](CN2c2nc(OCC3CCOC3)nc3c2cnn3-c2ccc(F)cc2F)Nc2cccc(n2)-c2cc(F)cc3nc(C)n(c23)C1. The normalized spacial score (nSPS) is 21.4. The van der Waals surface area contributed by atoms with Gasteiger partial charge in [-0.1, -0.05) is 6.07 Å². The summed E-state index contributed by atoms with van der Waals surface area (Å²) in [5, 5.41) is 8.43. The van der Waals surface area contributed by atoms with E-state index in [1.807, 2.05) is 34.6 Å². The van der Waals surface area contributed by atoms with Crippen molar-refractivity contribution in [3.8, 4) is 23.0 Å². The van der Waals surface area contributed by atoms with Gasteiger partial charge < -0.3 is 33.9 Å². The maximum absolute atomic E-state index is 15.2. The highest BCUT2D eigenvalue weighted by Crippen LogP contribution is 2.36. The van der Waals surface area contributed by atoms with Crippen molar-refractivity contribution in [2.45, 2.75) is 44.5 Å². The van der Waals surface area contributed by atoms with E-state index in [0.29, 0.717) is 72.3 Å². The smallest absolute Gasteiger partial charge is 0.320 e. The van der Waals surface area contributed by atoms with Gasteiger partial charge in [0.25, 0.3) is 0 Å². The highest BCUT2D eigenvalue weighted by molar-refractivity contribution is 5.94. The first-order chi connectivity index (χ1) is 27.1. The molecule has 0 aliphatic carbocycles. The van der Waals surface area contributed by atoms with E-state index in [2.05, 4.69) is 20.4 Å². The van der Waals surface area contributed by atoms with Gasteiger partial charge in [-0.05, 0) is 50.1 Å². The monoisotopic (exact) mass is 768 g/mol. The molecule has 3 aliphatic heterocycles. The van der Waals surface area contributed by atoms with Gasteiger partial charge in [0.05, 0.1) is 54.2 Å². The number of benzene rings is 2. The molecule has 1 N–H and O–H groups in total. The Bertz CT molecular complexity index is 2470. The molecule has 0 saturated carbocycles. The minimum atomic E-state index is -0.826. The Kier molecular flexibility index (Phi) is 9.20. The van der Waals surface area contributed by atoms with Gasteiger partial charge in [0.2, 0.25) is 5.91 Å². The highest BCUT2D eigenvalue weighted by atomic mass is 19.1. The van der Waals surface area contributed by atoms with Crippen LogP contribution in [0, 0.1) is 30.3 Å². The number of aromatic nitrogens is 7. The lowest BCUT2D eigenvalue weighted by Crippen LogP contribution is -2.47. The lowest BCUT2D eigenvalue weighted by Gasteiger charge is -2.31. The molecule has 9 rings (SSSR count). The number of carbonyl (C=O) groups excluding carboxylic acids is 1. The summed E-state index contributed by atoms with van der Waals surface area (Å²) < 4.78 is 65.1. The number of pyridine rings is 1. The molecule has 4 aromatic heterocycles. The minimum absolute atomic E-state index is 0.0145. The van der Waals surface area contributed by atoms with E-state index in [0.717, 1.165) is 24.1 Å². The number of amides is 1. The van der Waals surface area contributed by atoms with Crippen LogP contribution in [-0.4, -0.2) is 110 Å². The van der Waals surface area contributed by atoms with Gasteiger partial charge in [-0.3, -0.25) is 4.79 Å². The fourth-order valence-corrected chi connectivity index (χ4v) is 8.01. The van der Waals surface area contributed by atoms with Crippen LogP contribution in [0.15, 0.2) is 54.7 Å². The minimum Gasteiger partial charge on any atom is -0.463 e. The maximum atomic E-state index is 15.2. The molecule has 56 heavy (non-hydrogen) atoms. The number of hydrogen-bond acceptors (Lipinski definition) is 11. The summed E-state index contributed by atoms with van der Waals surface area (Å²) in [4.78, 5) is 37.3. The molecule has 0 radical (unpaired) electrons. The second-order valence-corrected chi connectivity index (χ2v) is 14.6. The number of likely N-dealkylation sites (N-methyl/N-ethyl adjacent to an activating group) is 1. The number of hydrogen-bond donors (Lipinski definition) is 1. The summed E-state index contributed by atoms with van der Waals surface area (Å²) in [6.07, 6.45) is 2.23. The molecule has 2 aromatic carbocycles. The van der Waals surface area contributed by atoms with Crippen molar-refractivity contribution >= 4 is 39.6 Å². The Hall–Kier alpha value is -5.81. The summed E-state index contributed by atoms with van der Waals surface area (Å²) in [7, 11) is 3.33. The van der Waals surface area contributed by atoms with Crippen molar-refractivity contribution in [1.82, 2.24) is 39.2 Å². The zero-order valence-corrected chi connectivity index (χ0v) is 31.0. The molecule has 17 heteroatoms. The maximum Gasteiger partial charge on any atom is 0.320 e. The van der Waals surface area contributed by atoms with Crippen LogP contribution in [0.25, 0.3) is 39.0 Å². The third kappa shape index (κ3) is 6.53. The number of aryl methyl sites for hydroxylation is 1. The molecule has 1 amide bonds. The van der Waals surface area contributed by atoms with Gasteiger partial charge in [0, 0.05) is 63.5 Å². The number of ether oxygens (including phenoxy) is 3. The van der Waals surface area contributed by atoms with Gasteiger partial charge in [-0.15, -0.1) is 0 Å². The van der Waals surface area contributed by atoms with Gasteiger partial charge in [-0.25, -0.2) is 27.8 Å². The van der Waals surface area contributed by atoms with Crippen molar-refractivity contribution < 1.29 is 32.2 Å². The zero-order chi connectivity index (χ0) is 38.7. The van der Waals surface area contributed by atoms with Gasteiger partial charge in [0.1, 0.15) is 40.8 Å². The molecule has 2 saturated heterocycles. The Balaban J connectivity index is 1.15. The molecule has 290 valence electrons. The molecule has 4 bridgehead atoms. The van der Waals surface area contributed by atoms with Crippen LogP contribution in [0.4, 0.5) is 24.8 Å². The third-order valence-corrected chi connectivity index (χ3v) is 10.8. The number of nitrogens with zero attached hydrogens (tertiary/aromatic N) is 9. The Morgan fingerprint density at radius 3 is 2.68 bits per heavy atom. The first-order valence-corrected chi connectivity index (χ1v) is 18.5. The van der Waals surface area contributed by atoms with Crippen molar-refractivity contribution in [2.24, 2.45) is 5.92 Å². The van der Waals surface area contributed by atoms with E-state index in [1.165, 1.54) is 29.1 Å². The average Bonchev–Trinajstić information content (AvgIpc) is 4.00. The molecule has 14 nitrogen and oxygen atoms in total. The third-order valence-electron chi connectivity index (χ3n) is 10.8. The van der Waals surface area contributed by atoms with Crippen molar-refractivity contribution in [1.29, 1.82) is 0 Å². The average molecular weight is 769 g/mol. The van der Waals surface area contributed by atoms with Crippen LogP contribution < -0.4 is 15.0 Å². The number of anilines is 2. The second-order valence-electron chi connectivity index (χ2n) is 14.6. The Morgan fingerprint density at radius 1 is 1.00 bits per heavy atom. The Morgan fingerprint density at radius 2 is 1.88 bits per heavy atom. The molecular weight excluding hydrogens is 729 g/mol. The molecule has 3 aliphatic rings. The van der Waals surface area contributed by atoms with Gasteiger partial charge in [-0.2, -0.15) is 15.1 Å². The summed E-state index contributed by atoms with van der Waals surface area (Å²) in [6.45, 7) is 4.19. The summed E-state index contributed by atoms with van der Waals surface area (Å²) in [5.41, 5.74) is 2.56. The predicted octanol–water partition coefficient (Wildman–Crippen LogP) is 4.91. The standard InChI is InChI=1S/C39H39F3N10O4/c1-21-44-31-13-24(41)11-27-30-5-4-6-34(46-30)45-25-14-33(38(53)49(2)17-26(54-3)18-50(21)35(27)31)51(16-25)36-28-15-43-52(32-8-7-23(40)12-29(32)42)37(28)48-39(47-36)56-20-22-9-10-55-19-22/h4-8,11-13,15,22,25-26,33H,9-10,14,16-20H2,1-3H3,(H,45,46)/t22?,25-,26-,33-/m0/s1. The first kappa shape index (κ1) is 35.9. The summed E-state index contributed by atoms with van der Waals surface area (Å²) in [6, 6.07) is 10.6. The van der Waals surface area contributed by atoms with Gasteiger partial charge in [0.15, 0.2) is 11.5 Å². The Labute approximate surface area is 319 Å². The molecule has 1 unspecified atom stereocenters. The van der Waals surface area contributed by atoms with Crippen molar-refractivity contribution in [2.75, 3.05) is 57.3 Å². The lowest BCUT2D eigenvalue weighted by molar-refractivity contribution is -0.132. The van der Waals surface area contributed by atoms with Crippen molar-refractivity contribution in [3.05, 3.63) is 78.0 Å². The molecular formula is C39H39F3N10O4. The lowest BCUT2D eigenvalue weighted by atomic mass is 10.1. The topological polar surface area (TPSA) is 138 Å².